The second-order valence-electron chi connectivity index (χ2n) is 11.0. The lowest BCUT2D eigenvalue weighted by Gasteiger charge is -2.38. The van der Waals surface area contributed by atoms with Crippen LogP contribution in [-0.4, -0.2) is 54.7 Å². The van der Waals surface area contributed by atoms with Gasteiger partial charge in [-0.05, 0) is 59.8 Å². The highest BCUT2D eigenvalue weighted by Crippen LogP contribution is 2.36. The van der Waals surface area contributed by atoms with Crippen molar-refractivity contribution in [2.45, 2.75) is 104 Å². The summed E-state index contributed by atoms with van der Waals surface area (Å²) in [6.07, 6.45) is 3.70. The fraction of sp³-hybridized carbons (Fsp3) is 0.833. The monoisotopic (exact) mass is 469 g/mol. The van der Waals surface area contributed by atoms with Gasteiger partial charge < -0.3 is 25.4 Å². The van der Waals surface area contributed by atoms with Gasteiger partial charge in [-0.1, -0.05) is 33.1 Å². The number of hydrogen-bond donors (Lipinski definition) is 3. The number of alkyl carbamates (subject to hydrolysis) is 1. The lowest BCUT2D eigenvalue weighted by Crippen LogP contribution is -2.59. The molecule has 1 atom stereocenters. The quantitative estimate of drug-likeness (QED) is 0.446. The first-order valence-corrected chi connectivity index (χ1v) is 11.8. The van der Waals surface area contributed by atoms with E-state index in [0.29, 0.717) is 19.3 Å². The summed E-state index contributed by atoms with van der Waals surface area (Å²) in [5, 5.41) is 8.36. The van der Waals surface area contributed by atoms with Gasteiger partial charge in [-0.2, -0.15) is 0 Å². The van der Waals surface area contributed by atoms with Crippen molar-refractivity contribution >= 4 is 23.9 Å². The van der Waals surface area contributed by atoms with E-state index in [-0.39, 0.29) is 24.3 Å². The second kappa shape index (κ2) is 11.7. The van der Waals surface area contributed by atoms with Crippen LogP contribution in [0.25, 0.3) is 0 Å². The van der Waals surface area contributed by atoms with E-state index in [0.717, 1.165) is 19.3 Å². The Hall–Kier alpha value is -2.32. The van der Waals surface area contributed by atoms with Crippen molar-refractivity contribution in [1.82, 2.24) is 16.0 Å². The largest absolute Gasteiger partial charge is 0.467 e. The zero-order valence-electron chi connectivity index (χ0n) is 21.6. The molecule has 0 aromatic heterocycles. The number of nitrogens with one attached hydrogen (secondary N) is 3. The zero-order chi connectivity index (χ0) is 25.4. The summed E-state index contributed by atoms with van der Waals surface area (Å²) in [5.41, 5.74) is -2.69. The Morgan fingerprint density at radius 2 is 1.55 bits per heavy atom. The van der Waals surface area contributed by atoms with Crippen molar-refractivity contribution in [3.8, 4) is 0 Å². The van der Waals surface area contributed by atoms with Gasteiger partial charge in [-0.25, -0.2) is 9.59 Å². The molecule has 0 heterocycles. The van der Waals surface area contributed by atoms with Crippen molar-refractivity contribution in [3.63, 3.8) is 0 Å². The molecule has 0 aromatic carbocycles. The van der Waals surface area contributed by atoms with E-state index in [4.69, 9.17) is 9.47 Å². The third-order valence-corrected chi connectivity index (χ3v) is 5.73. The molecule has 1 aliphatic rings. The third-order valence-electron chi connectivity index (χ3n) is 5.73. The predicted molar refractivity (Wildman–Crippen MR) is 125 cm³/mol. The van der Waals surface area contributed by atoms with Crippen LogP contribution in [0.3, 0.4) is 0 Å². The summed E-state index contributed by atoms with van der Waals surface area (Å²) < 4.78 is 10.1. The maximum Gasteiger partial charge on any atom is 0.408 e. The summed E-state index contributed by atoms with van der Waals surface area (Å²) in [7, 11) is 1.28. The maximum atomic E-state index is 13.3. The van der Waals surface area contributed by atoms with Crippen molar-refractivity contribution in [2.24, 2.45) is 11.3 Å². The molecule has 1 fully saturated rings. The van der Waals surface area contributed by atoms with Crippen LogP contribution in [0.5, 0.6) is 0 Å². The molecule has 0 radical (unpaired) electrons. The van der Waals surface area contributed by atoms with Gasteiger partial charge in [-0.3, -0.25) is 9.59 Å². The Labute approximate surface area is 198 Å². The molecular weight excluding hydrogens is 426 g/mol. The maximum absolute atomic E-state index is 13.3. The lowest BCUT2D eigenvalue weighted by atomic mass is 9.72. The molecule has 9 nitrogen and oxygen atoms in total. The first-order valence-electron chi connectivity index (χ1n) is 11.8. The molecule has 1 aliphatic carbocycles. The summed E-state index contributed by atoms with van der Waals surface area (Å²) in [4.78, 5) is 50.6. The Morgan fingerprint density at radius 1 is 0.970 bits per heavy atom. The van der Waals surface area contributed by atoms with Gasteiger partial charge in [0, 0.05) is 6.54 Å². The van der Waals surface area contributed by atoms with Gasteiger partial charge in [0.05, 0.1) is 12.5 Å². The topological polar surface area (TPSA) is 123 Å². The summed E-state index contributed by atoms with van der Waals surface area (Å²) in [6.45, 7) is 12.5. The minimum absolute atomic E-state index is 0.125. The standard InChI is InChI=1S/C24H43N3O6/c1-16(2)14-17(26-21(31)33-22(3,4)5)18(28)25-15-24(12-10-9-11-13-24)19(29)27-23(6,7)20(30)32-8/h16-17H,9-15H2,1-8H3,(H,25,28)(H,26,31)(H,27,29)/t17-/m0/s1. The molecule has 0 unspecified atom stereocenters. The Balaban J connectivity index is 2.95. The lowest BCUT2D eigenvalue weighted by molar-refractivity contribution is -0.151. The van der Waals surface area contributed by atoms with Crippen molar-refractivity contribution in [3.05, 3.63) is 0 Å². The molecule has 0 aromatic rings. The minimum Gasteiger partial charge on any atom is -0.467 e. The predicted octanol–water partition coefficient (Wildman–Crippen LogP) is 3.06. The molecular formula is C24H43N3O6. The highest BCUT2D eigenvalue weighted by atomic mass is 16.6. The smallest absolute Gasteiger partial charge is 0.408 e. The van der Waals surface area contributed by atoms with Crippen LogP contribution in [-0.2, 0) is 23.9 Å². The minimum atomic E-state index is -1.18. The fourth-order valence-electron chi connectivity index (χ4n) is 3.97. The average Bonchev–Trinajstić information content (AvgIpc) is 2.69. The normalized spacial score (nSPS) is 17.0. The number of ether oxygens (including phenoxy) is 2. The van der Waals surface area contributed by atoms with Crippen LogP contribution < -0.4 is 16.0 Å². The molecule has 1 rings (SSSR count). The van der Waals surface area contributed by atoms with Crippen LogP contribution in [0.2, 0.25) is 0 Å². The number of hydrogen-bond acceptors (Lipinski definition) is 6. The van der Waals surface area contributed by atoms with E-state index in [1.54, 1.807) is 34.6 Å². The molecule has 0 bridgehead atoms. The molecule has 0 spiro atoms. The SMILES string of the molecule is COC(=O)C(C)(C)NC(=O)C1(CNC(=O)[C@H](CC(C)C)NC(=O)OC(C)(C)C)CCCCC1. The van der Waals surface area contributed by atoms with Gasteiger partial charge in [0.1, 0.15) is 17.2 Å². The van der Waals surface area contributed by atoms with E-state index in [2.05, 4.69) is 16.0 Å². The zero-order valence-corrected chi connectivity index (χ0v) is 21.6. The number of esters is 1. The molecule has 0 saturated heterocycles. The number of rotatable bonds is 9. The highest BCUT2D eigenvalue weighted by molar-refractivity contribution is 5.91. The van der Waals surface area contributed by atoms with Crippen LogP contribution in [0.1, 0.15) is 87.0 Å². The third kappa shape index (κ3) is 9.21. The molecule has 3 amide bonds. The Kier molecular flexibility index (Phi) is 10.2. The molecule has 190 valence electrons. The van der Waals surface area contributed by atoms with Gasteiger partial charge in [-0.15, -0.1) is 0 Å². The molecule has 1 saturated carbocycles. The molecule has 0 aliphatic heterocycles. The number of carbonyl (C=O) groups is 4. The number of methoxy groups -OCH3 is 1. The van der Waals surface area contributed by atoms with E-state index in [9.17, 15) is 19.2 Å². The van der Waals surface area contributed by atoms with E-state index < -0.39 is 34.7 Å². The fourth-order valence-corrected chi connectivity index (χ4v) is 3.97. The number of carbonyl (C=O) groups excluding carboxylic acids is 4. The van der Waals surface area contributed by atoms with Gasteiger partial charge in [0.25, 0.3) is 0 Å². The van der Waals surface area contributed by atoms with Crippen LogP contribution in [0.4, 0.5) is 4.79 Å². The van der Waals surface area contributed by atoms with Gasteiger partial charge in [0.15, 0.2) is 0 Å². The van der Waals surface area contributed by atoms with Crippen LogP contribution in [0.15, 0.2) is 0 Å². The van der Waals surface area contributed by atoms with E-state index >= 15 is 0 Å². The summed E-state index contributed by atoms with van der Waals surface area (Å²) in [6, 6.07) is -0.782. The van der Waals surface area contributed by atoms with Crippen molar-refractivity contribution in [1.29, 1.82) is 0 Å². The van der Waals surface area contributed by atoms with Crippen LogP contribution >= 0.6 is 0 Å². The first kappa shape index (κ1) is 28.7. The number of amides is 3. The van der Waals surface area contributed by atoms with E-state index in [1.807, 2.05) is 13.8 Å². The van der Waals surface area contributed by atoms with Gasteiger partial charge in [0.2, 0.25) is 11.8 Å². The van der Waals surface area contributed by atoms with Gasteiger partial charge >= 0.3 is 12.1 Å². The average molecular weight is 470 g/mol. The second-order valence-corrected chi connectivity index (χ2v) is 11.0. The molecule has 33 heavy (non-hydrogen) atoms. The Morgan fingerprint density at radius 3 is 2.03 bits per heavy atom. The molecule has 9 heteroatoms. The summed E-state index contributed by atoms with van der Waals surface area (Å²) in [5.74, 6) is -1.02. The summed E-state index contributed by atoms with van der Waals surface area (Å²) >= 11 is 0. The van der Waals surface area contributed by atoms with Crippen LogP contribution in [0, 0.1) is 11.3 Å². The van der Waals surface area contributed by atoms with Crippen molar-refractivity contribution in [2.75, 3.05) is 13.7 Å². The Bertz CT molecular complexity index is 705. The first-order chi connectivity index (χ1) is 15.1. The van der Waals surface area contributed by atoms with Crippen molar-refractivity contribution < 1.29 is 28.7 Å². The molecule has 3 N–H and O–H groups in total. The van der Waals surface area contributed by atoms with E-state index in [1.165, 1.54) is 7.11 Å². The highest BCUT2D eigenvalue weighted by Gasteiger charge is 2.43.